The van der Waals surface area contributed by atoms with Gasteiger partial charge in [0.15, 0.2) is 5.62 Å². The highest BCUT2D eigenvalue weighted by atomic mass is 32.2. The van der Waals surface area contributed by atoms with Crippen molar-refractivity contribution in [3.63, 3.8) is 0 Å². The van der Waals surface area contributed by atoms with Crippen molar-refractivity contribution in [3.05, 3.63) is 35.4 Å². The summed E-state index contributed by atoms with van der Waals surface area (Å²) in [5, 5.41) is 0. The predicted octanol–water partition coefficient (Wildman–Crippen LogP) is 2.89. The molecule has 0 spiro atoms. The highest BCUT2D eigenvalue weighted by Crippen LogP contribution is 2.39. The summed E-state index contributed by atoms with van der Waals surface area (Å²) in [5.74, 6) is 2.18. The van der Waals surface area contributed by atoms with Crippen LogP contribution < -0.4 is 0 Å². The van der Waals surface area contributed by atoms with Gasteiger partial charge in [-0.2, -0.15) is 0 Å². The van der Waals surface area contributed by atoms with E-state index in [0.717, 1.165) is 11.4 Å². The standard InChI is InChI=1S/C12H14OS/c1-9-6-10-4-2-3-5-11(10)12(9)7-14-8-13/h2-5,8-9,12H,6-7H2,1H3/t9?,12-/m0/s1. The molecule has 0 saturated carbocycles. The number of hydrogen-bond acceptors (Lipinski definition) is 2. The molecule has 1 aromatic rings. The van der Waals surface area contributed by atoms with Gasteiger partial charge < -0.3 is 0 Å². The van der Waals surface area contributed by atoms with E-state index in [4.69, 9.17) is 0 Å². The third kappa shape index (κ3) is 1.71. The number of thioether (sulfide) groups is 1. The van der Waals surface area contributed by atoms with Gasteiger partial charge in [-0.1, -0.05) is 43.0 Å². The topological polar surface area (TPSA) is 17.1 Å². The second kappa shape index (κ2) is 4.18. The van der Waals surface area contributed by atoms with Gasteiger partial charge in [0.25, 0.3) is 0 Å². The van der Waals surface area contributed by atoms with Crippen LogP contribution in [0.2, 0.25) is 0 Å². The van der Waals surface area contributed by atoms with Crippen molar-refractivity contribution < 1.29 is 4.79 Å². The first-order valence-electron chi connectivity index (χ1n) is 4.96. The first kappa shape index (κ1) is 9.78. The number of rotatable bonds is 3. The molecule has 0 aromatic heterocycles. The molecule has 1 nitrogen and oxygen atoms in total. The third-order valence-electron chi connectivity index (χ3n) is 3.03. The molecular formula is C12H14OS. The molecule has 0 heterocycles. The SMILES string of the molecule is CC1Cc2ccccc2[C@H]1CSC=O. The second-order valence-electron chi connectivity index (χ2n) is 3.92. The Balaban J connectivity index is 2.21. The second-order valence-corrected chi connectivity index (χ2v) is 4.78. The fourth-order valence-electron chi connectivity index (χ4n) is 2.27. The third-order valence-corrected chi connectivity index (χ3v) is 3.71. The van der Waals surface area contributed by atoms with Crippen molar-refractivity contribution in [1.82, 2.24) is 0 Å². The molecule has 0 radical (unpaired) electrons. The van der Waals surface area contributed by atoms with Gasteiger partial charge in [0.1, 0.15) is 0 Å². The zero-order valence-electron chi connectivity index (χ0n) is 8.27. The number of hydrogen-bond donors (Lipinski definition) is 0. The number of carbonyl (C=O) groups is 1. The van der Waals surface area contributed by atoms with Gasteiger partial charge in [0.2, 0.25) is 0 Å². The average Bonchev–Trinajstić information content (AvgIpc) is 2.51. The van der Waals surface area contributed by atoms with Crippen LogP contribution >= 0.6 is 11.8 Å². The van der Waals surface area contributed by atoms with E-state index in [1.165, 1.54) is 29.3 Å². The molecule has 1 aromatic carbocycles. The minimum absolute atomic E-state index is 0.571. The number of fused-ring (bicyclic) bond motifs is 1. The van der Waals surface area contributed by atoms with Crippen LogP contribution in [0.4, 0.5) is 0 Å². The van der Waals surface area contributed by atoms with E-state index < -0.39 is 0 Å². The monoisotopic (exact) mass is 206 g/mol. The molecule has 1 aliphatic carbocycles. The lowest BCUT2D eigenvalue weighted by Crippen LogP contribution is -2.06. The maximum atomic E-state index is 10.3. The van der Waals surface area contributed by atoms with E-state index in [1.807, 2.05) is 0 Å². The summed E-state index contributed by atoms with van der Waals surface area (Å²) in [7, 11) is 0. The first-order valence-corrected chi connectivity index (χ1v) is 6.01. The van der Waals surface area contributed by atoms with Crippen molar-refractivity contribution in [2.24, 2.45) is 5.92 Å². The smallest absolute Gasteiger partial charge is 0.176 e. The fraction of sp³-hybridized carbons (Fsp3) is 0.417. The quantitative estimate of drug-likeness (QED) is 0.707. The molecule has 1 unspecified atom stereocenters. The summed E-state index contributed by atoms with van der Waals surface area (Å²) >= 11 is 1.39. The van der Waals surface area contributed by atoms with Crippen LogP contribution in [0.25, 0.3) is 0 Å². The summed E-state index contributed by atoms with van der Waals surface area (Å²) in [5.41, 5.74) is 3.87. The highest BCUT2D eigenvalue weighted by Gasteiger charge is 2.28. The van der Waals surface area contributed by atoms with Gasteiger partial charge in [0.05, 0.1) is 0 Å². The van der Waals surface area contributed by atoms with Gasteiger partial charge in [-0.05, 0) is 29.4 Å². The Morgan fingerprint density at radius 2 is 2.29 bits per heavy atom. The average molecular weight is 206 g/mol. The van der Waals surface area contributed by atoms with Gasteiger partial charge in [-0.3, -0.25) is 4.79 Å². The Labute approximate surface area is 88.9 Å². The minimum atomic E-state index is 0.571. The van der Waals surface area contributed by atoms with Crippen LogP contribution in [-0.2, 0) is 11.2 Å². The Hall–Kier alpha value is -0.760. The minimum Gasteiger partial charge on any atom is -0.291 e. The van der Waals surface area contributed by atoms with E-state index in [2.05, 4.69) is 31.2 Å². The summed E-state index contributed by atoms with van der Waals surface area (Å²) in [6.45, 7) is 2.27. The predicted molar refractivity (Wildman–Crippen MR) is 61.3 cm³/mol. The molecule has 2 rings (SSSR count). The van der Waals surface area contributed by atoms with Crippen LogP contribution in [0.1, 0.15) is 24.0 Å². The van der Waals surface area contributed by atoms with Gasteiger partial charge in [-0.15, -0.1) is 0 Å². The maximum absolute atomic E-state index is 10.3. The largest absolute Gasteiger partial charge is 0.291 e. The summed E-state index contributed by atoms with van der Waals surface area (Å²) in [6, 6.07) is 8.60. The van der Waals surface area contributed by atoms with E-state index >= 15 is 0 Å². The molecule has 0 aliphatic heterocycles. The van der Waals surface area contributed by atoms with Crippen LogP contribution in [0, 0.1) is 5.92 Å². The Kier molecular flexibility index (Phi) is 2.92. The molecule has 2 atom stereocenters. The zero-order valence-corrected chi connectivity index (χ0v) is 9.09. The highest BCUT2D eigenvalue weighted by molar-refractivity contribution is 8.11. The molecular weight excluding hydrogens is 192 g/mol. The fourth-order valence-corrected chi connectivity index (χ4v) is 3.07. The Morgan fingerprint density at radius 1 is 1.50 bits per heavy atom. The van der Waals surface area contributed by atoms with E-state index in [9.17, 15) is 4.79 Å². The van der Waals surface area contributed by atoms with Crippen molar-refractivity contribution in [2.75, 3.05) is 5.75 Å². The summed E-state index contributed by atoms with van der Waals surface area (Å²) < 4.78 is 0. The van der Waals surface area contributed by atoms with Crippen molar-refractivity contribution in [3.8, 4) is 0 Å². The van der Waals surface area contributed by atoms with Gasteiger partial charge in [-0.25, -0.2) is 0 Å². The summed E-state index contributed by atoms with van der Waals surface area (Å²) in [4.78, 5) is 10.3. The van der Waals surface area contributed by atoms with Crippen LogP contribution in [0.5, 0.6) is 0 Å². The van der Waals surface area contributed by atoms with Crippen molar-refractivity contribution in [2.45, 2.75) is 19.3 Å². The number of benzene rings is 1. The maximum Gasteiger partial charge on any atom is 0.176 e. The first-order chi connectivity index (χ1) is 6.83. The van der Waals surface area contributed by atoms with Crippen LogP contribution in [-0.4, -0.2) is 11.4 Å². The molecule has 2 heteroatoms. The lowest BCUT2D eigenvalue weighted by molar-refractivity contribution is 0.538. The summed E-state index contributed by atoms with van der Waals surface area (Å²) in [6.07, 6.45) is 1.17. The van der Waals surface area contributed by atoms with E-state index in [-0.39, 0.29) is 0 Å². The molecule has 0 bridgehead atoms. The molecule has 0 amide bonds. The Morgan fingerprint density at radius 3 is 3.07 bits per heavy atom. The van der Waals surface area contributed by atoms with Crippen molar-refractivity contribution >= 4 is 17.4 Å². The lowest BCUT2D eigenvalue weighted by atomic mass is 9.96. The van der Waals surface area contributed by atoms with Gasteiger partial charge >= 0.3 is 0 Å². The van der Waals surface area contributed by atoms with Crippen LogP contribution in [0.15, 0.2) is 24.3 Å². The molecule has 14 heavy (non-hydrogen) atoms. The molecule has 0 N–H and O–H groups in total. The van der Waals surface area contributed by atoms with Crippen LogP contribution in [0.3, 0.4) is 0 Å². The van der Waals surface area contributed by atoms with Gasteiger partial charge in [0, 0.05) is 5.75 Å². The molecule has 74 valence electrons. The van der Waals surface area contributed by atoms with E-state index in [0.29, 0.717) is 11.8 Å². The lowest BCUT2D eigenvalue weighted by Gasteiger charge is -2.14. The normalized spacial score (nSPS) is 24.6. The Bertz CT molecular complexity index is 335. The van der Waals surface area contributed by atoms with Crippen molar-refractivity contribution in [1.29, 1.82) is 0 Å². The molecule has 1 aliphatic rings. The molecule has 0 saturated heterocycles. The molecule has 0 fully saturated rings. The number of carbonyl (C=O) groups excluding carboxylic acids is 1. The zero-order chi connectivity index (χ0) is 9.97. The van der Waals surface area contributed by atoms with E-state index in [1.54, 1.807) is 0 Å².